The summed E-state index contributed by atoms with van der Waals surface area (Å²) in [5.74, 6) is -0.758. The molecular weight excluding hydrogens is 335 g/mol. The number of amides is 1. The van der Waals surface area contributed by atoms with Crippen LogP contribution in [0.1, 0.15) is 46.6 Å². The molecule has 0 saturated heterocycles. The standard InChI is InChI=1S/C16H22ClFN4O2/c1-6-12(21-15(23)24-16(3,4)5)9(2)20-14-11(18)7-10(8-19)13(17)22-14/h7,9,12H,6H2,1-5H3,(H,20,22)(H,21,23)/t9?,12-/m0/s1. The lowest BCUT2D eigenvalue weighted by molar-refractivity contribution is 0.0498. The first-order valence-electron chi connectivity index (χ1n) is 7.59. The van der Waals surface area contributed by atoms with Crippen molar-refractivity contribution >= 4 is 23.5 Å². The molecule has 2 atom stereocenters. The SMILES string of the molecule is CC[C@H](NC(=O)OC(C)(C)C)C(C)Nc1nc(Cl)c(C#N)cc1F. The zero-order chi connectivity index (χ0) is 18.5. The summed E-state index contributed by atoms with van der Waals surface area (Å²) in [4.78, 5) is 15.7. The lowest BCUT2D eigenvalue weighted by Gasteiger charge is -2.27. The number of hydrogen-bond donors (Lipinski definition) is 2. The fourth-order valence-electron chi connectivity index (χ4n) is 2.00. The van der Waals surface area contributed by atoms with Gasteiger partial charge in [-0.05, 0) is 40.2 Å². The van der Waals surface area contributed by atoms with Crippen molar-refractivity contribution in [2.75, 3.05) is 5.32 Å². The molecule has 1 aromatic rings. The third-order valence-electron chi connectivity index (χ3n) is 3.16. The van der Waals surface area contributed by atoms with E-state index in [0.29, 0.717) is 6.42 Å². The molecule has 0 aliphatic carbocycles. The molecule has 0 aliphatic heterocycles. The summed E-state index contributed by atoms with van der Waals surface area (Å²) in [6.45, 7) is 8.97. The summed E-state index contributed by atoms with van der Waals surface area (Å²) >= 11 is 5.83. The molecule has 2 N–H and O–H groups in total. The second-order valence-corrected chi connectivity index (χ2v) is 6.72. The van der Waals surface area contributed by atoms with Gasteiger partial charge < -0.3 is 15.4 Å². The molecule has 132 valence electrons. The van der Waals surface area contributed by atoms with Crippen molar-refractivity contribution in [3.8, 4) is 6.07 Å². The van der Waals surface area contributed by atoms with Crippen molar-refractivity contribution in [1.29, 1.82) is 5.26 Å². The molecule has 6 nitrogen and oxygen atoms in total. The van der Waals surface area contributed by atoms with Gasteiger partial charge in [-0.2, -0.15) is 5.26 Å². The second kappa shape index (κ2) is 8.15. The average molecular weight is 357 g/mol. The van der Waals surface area contributed by atoms with Gasteiger partial charge >= 0.3 is 6.09 Å². The molecule has 1 amide bonds. The molecule has 0 fully saturated rings. The van der Waals surface area contributed by atoms with Crippen LogP contribution < -0.4 is 10.6 Å². The Morgan fingerprint density at radius 1 is 1.54 bits per heavy atom. The van der Waals surface area contributed by atoms with Crippen LogP contribution in [0.15, 0.2) is 6.07 Å². The summed E-state index contributed by atoms with van der Waals surface area (Å²) in [5, 5.41) is 14.3. The van der Waals surface area contributed by atoms with E-state index in [1.165, 1.54) is 0 Å². The topological polar surface area (TPSA) is 87.0 Å². The maximum absolute atomic E-state index is 14.0. The van der Waals surface area contributed by atoms with E-state index >= 15 is 0 Å². The molecule has 1 rings (SSSR count). The second-order valence-electron chi connectivity index (χ2n) is 6.36. The Hall–Kier alpha value is -2.07. The van der Waals surface area contributed by atoms with Gasteiger partial charge in [-0.3, -0.25) is 0 Å². The molecule has 0 aliphatic rings. The monoisotopic (exact) mass is 356 g/mol. The molecule has 0 aromatic carbocycles. The molecule has 8 heteroatoms. The Bertz CT molecular complexity index is 640. The predicted molar refractivity (Wildman–Crippen MR) is 90.5 cm³/mol. The molecule has 24 heavy (non-hydrogen) atoms. The van der Waals surface area contributed by atoms with Crippen molar-refractivity contribution < 1.29 is 13.9 Å². The number of rotatable bonds is 5. The number of nitriles is 1. The predicted octanol–water partition coefficient (Wildman–Crippen LogP) is 3.85. The average Bonchev–Trinajstić information content (AvgIpc) is 2.46. The smallest absolute Gasteiger partial charge is 0.407 e. The zero-order valence-corrected chi connectivity index (χ0v) is 15.2. The quantitative estimate of drug-likeness (QED) is 0.782. The minimum atomic E-state index is -0.685. The Morgan fingerprint density at radius 3 is 2.67 bits per heavy atom. The lowest BCUT2D eigenvalue weighted by Crippen LogP contribution is -2.47. The van der Waals surface area contributed by atoms with E-state index in [1.54, 1.807) is 33.8 Å². The minimum Gasteiger partial charge on any atom is -0.444 e. The summed E-state index contributed by atoms with van der Waals surface area (Å²) < 4.78 is 19.2. The maximum atomic E-state index is 14.0. The van der Waals surface area contributed by atoms with Gasteiger partial charge in [0.1, 0.15) is 16.8 Å². The van der Waals surface area contributed by atoms with Gasteiger partial charge in [0.05, 0.1) is 11.6 Å². The van der Waals surface area contributed by atoms with Gasteiger partial charge in [-0.15, -0.1) is 0 Å². The molecule has 0 spiro atoms. The summed E-state index contributed by atoms with van der Waals surface area (Å²) in [6, 6.07) is 2.13. The highest BCUT2D eigenvalue weighted by Crippen LogP contribution is 2.21. The van der Waals surface area contributed by atoms with Crippen LogP contribution in [0.3, 0.4) is 0 Å². The fraction of sp³-hybridized carbons (Fsp3) is 0.562. The highest BCUT2D eigenvalue weighted by Gasteiger charge is 2.23. The van der Waals surface area contributed by atoms with Crippen molar-refractivity contribution in [3.63, 3.8) is 0 Å². The van der Waals surface area contributed by atoms with E-state index in [1.807, 2.05) is 6.92 Å². The van der Waals surface area contributed by atoms with Gasteiger partial charge in [0.25, 0.3) is 0 Å². The number of ether oxygens (including phenoxy) is 1. The normalized spacial score (nSPS) is 13.6. The highest BCUT2D eigenvalue weighted by atomic mass is 35.5. The zero-order valence-electron chi connectivity index (χ0n) is 14.4. The first-order chi connectivity index (χ1) is 11.1. The Balaban J connectivity index is 2.81. The van der Waals surface area contributed by atoms with E-state index in [-0.39, 0.29) is 28.6 Å². The molecule has 1 aromatic heterocycles. The van der Waals surface area contributed by atoms with Crippen molar-refractivity contribution in [1.82, 2.24) is 10.3 Å². The summed E-state index contributed by atoms with van der Waals surface area (Å²) in [7, 11) is 0. The molecule has 0 radical (unpaired) electrons. The number of carbonyl (C=O) groups is 1. The molecule has 1 heterocycles. The third-order valence-corrected chi connectivity index (χ3v) is 3.45. The number of aromatic nitrogens is 1. The number of pyridine rings is 1. The van der Waals surface area contributed by atoms with Crippen LogP contribution >= 0.6 is 11.6 Å². The van der Waals surface area contributed by atoms with E-state index in [9.17, 15) is 9.18 Å². The number of hydrogen-bond acceptors (Lipinski definition) is 5. The fourth-order valence-corrected chi connectivity index (χ4v) is 2.18. The van der Waals surface area contributed by atoms with Gasteiger partial charge in [0, 0.05) is 6.04 Å². The van der Waals surface area contributed by atoms with Crippen LogP contribution in [0.2, 0.25) is 5.15 Å². The Morgan fingerprint density at radius 2 is 2.17 bits per heavy atom. The number of carbonyl (C=O) groups excluding carboxylic acids is 1. The number of nitrogens with one attached hydrogen (secondary N) is 2. The Kier molecular flexibility index (Phi) is 6.79. The largest absolute Gasteiger partial charge is 0.444 e. The van der Waals surface area contributed by atoms with Crippen LogP contribution in [0, 0.1) is 17.1 Å². The molecular formula is C16H22ClFN4O2. The van der Waals surface area contributed by atoms with Gasteiger partial charge in [0.15, 0.2) is 11.6 Å². The highest BCUT2D eigenvalue weighted by molar-refractivity contribution is 6.30. The lowest BCUT2D eigenvalue weighted by atomic mass is 10.1. The van der Waals surface area contributed by atoms with Crippen molar-refractivity contribution in [2.24, 2.45) is 0 Å². The van der Waals surface area contributed by atoms with E-state index in [0.717, 1.165) is 6.07 Å². The molecule has 0 saturated carbocycles. The number of halogens is 2. The van der Waals surface area contributed by atoms with Gasteiger partial charge in [0.2, 0.25) is 0 Å². The van der Waals surface area contributed by atoms with Crippen LogP contribution in [-0.2, 0) is 4.74 Å². The first kappa shape index (κ1) is 20.0. The van der Waals surface area contributed by atoms with E-state index in [2.05, 4.69) is 15.6 Å². The van der Waals surface area contributed by atoms with E-state index < -0.39 is 17.5 Å². The van der Waals surface area contributed by atoms with Crippen LogP contribution in [-0.4, -0.2) is 28.8 Å². The third kappa shape index (κ3) is 5.85. The van der Waals surface area contributed by atoms with Crippen LogP contribution in [0.25, 0.3) is 0 Å². The minimum absolute atomic E-state index is 0.0358. The van der Waals surface area contributed by atoms with E-state index in [4.69, 9.17) is 21.6 Å². The Labute approximate surface area is 146 Å². The summed E-state index contributed by atoms with van der Waals surface area (Å²) in [5.41, 5.74) is -0.640. The van der Waals surface area contributed by atoms with Crippen LogP contribution in [0.4, 0.5) is 15.0 Å². The van der Waals surface area contributed by atoms with Gasteiger partial charge in [-0.1, -0.05) is 18.5 Å². The maximum Gasteiger partial charge on any atom is 0.407 e. The molecule has 1 unspecified atom stereocenters. The first-order valence-corrected chi connectivity index (χ1v) is 7.97. The summed E-state index contributed by atoms with van der Waals surface area (Å²) in [6.07, 6.45) is 0.0493. The molecule has 0 bridgehead atoms. The van der Waals surface area contributed by atoms with Crippen molar-refractivity contribution in [3.05, 3.63) is 22.6 Å². The number of anilines is 1. The number of nitrogens with zero attached hydrogens (tertiary/aromatic N) is 2. The number of alkyl carbamates (subject to hydrolysis) is 1. The van der Waals surface area contributed by atoms with Crippen LogP contribution in [0.5, 0.6) is 0 Å². The van der Waals surface area contributed by atoms with Crippen molar-refractivity contribution in [2.45, 2.75) is 58.7 Å². The van der Waals surface area contributed by atoms with Gasteiger partial charge in [-0.25, -0.2) is 14.2 Å².